The van der Waals surface area contributed by atoms with Gasteiger partial charge in [0.15, 0.2) is 28.2 Å². The summed E-state index contributed by atoms with van der Waals surface area (Å²) in [5.74, 6) is 2.03. The molecule has 45 heavy (non-hydrogen) atoms. The van der Waals surface area contributed by atoms with Gasteiger partial charge in [0.1, 0.15) is 0 Å². The van der Waals surface area contributed by atoms with Crippen molar-refractivity contribution in [3.63, 3.8) is 0 Å². The summed E-state index contributed by atoms with van der Waals surface area (Å²) in [6.07, 6.45) is 1.96. The van der Waals surface area contributed by atoms with Crippen molar-refractivity contribution in [2.75, 3.05) is 32.5 Å². The predicted molar refractivity (Wildman–Crippen MR) is 164 cm³/mol. The van der Waals surface area contributed by atoms with E-state index in [9.17, 15) is 14.4 Å². The lowest BCUT2D eigenvalue weighted by Gasteiger charge is -2.15. The molecule has 2 N–H and O–H groups in total. The summed E-state index contributed by atoms with van der Waals surface area (Å²) in [6, 6.07) is 15.9. The Morgan fingerprint density at radius 3 is 2.40 bits per heavy atom. The molecule has 232 valence electrons. The molecule has 1 atom stereocenters. The molecule has 12 nitrogen and oxygen atoms in total. The number of rotatable bonds is 10. The molecule has 1 aromatic heterocycles. The first-order valence-electron chi connectivity index (χ1n) is 14.6. The summed E-state index contributed by atoms with van der Waals surface area (Å²) < 4.78 is 28.8. The van der Waals surface area contributed by atoms with Crippen molar-refractivity contribution in [2.24, 2.45) is 0 Å². The van der Waals surface area contributed by atoms with E-state index in [2.05, 4.69) is 10.6 Å². The van der Waals surface area contributed by atoms with Crippen molar-refractivity contribution < 1.29 is 33.3 Å². The Morgan fingerprint density at radius 1 is 0.889 bits per heavy atom. The second kappa shape index (κ2) is 12.7. The number of fused-ring (bicyclic) bond motifs is 3. The fourth-order valence-corrected chi connectivity index (χ4v) is 6.16. The maximum atomic E-state index is 13.8. The molecule has 0 radical (unpaired) electrons. The summed E-state index contributed by atoms with van der Waals surface area (Å²) >= 11 is 1.19. The van der Waals surface area contributed by atoms with Crippen molar-refractivity contribution in [3.8, 4) is 23.0 Å². The molecule has 0 spiro atoms. The van der Waals surface area contributed by atoms with Gasteiger partial charge >= 0.3 is 0 Å². The largest absolute Gasteiger partial charge is 0.454 e. The van der Waals surface area contributed by atoms with E-state index in [0.29, 0.717) is 64.3 Å². The van der Waals surface area contributed by atoms with E-state index in [-0.39, 0.29) is 49.4 Å². The third-order valence-electron chi connectivity index (χ3n) is 7.74. The molecule has 7 rings (SSSR count). The number of ether oxygens (including phenoxy) is 5. The van der Waals surface area contributed by atoms with Crippen LogP contribution in [0.1, 0.15) is 34.3 Å². The van der Waals surface area contributed by atoms with Gasteiger partial charge in [0.05, 0.1) is 29.3 Å². The fraction of sp³-hybridized carbons (Fsp3) is 0.312. The average molecular weight is 631 g/mol. The number of thioether (sulfide) groups is 1. The van der Waals surface area contributed by atoms with Gasteiger partial charge in [0.25, 0.3) is 11.5 Å². The van der Waals surface area contributed by atoms with Crippen LogP contribution in [0.4, 0.5) is 0 Å². The van der Waals surface area contributed by atoms with Crippen LogP contribution in [0.3, 0.4) is 0 Å². The molecule has 0 saturated carbocycles. The number of nitrogens with one attached hydrogen (secondary N) is 2. The van der Waals surface area contributed by atoms with E-state index in [4.69, 9.17) is 28.7 Å². The summed E-state index contributed by atoms with van der Waals surface area (Å²) in [5, 5.41) is 6.60. The van der Waals surface area contributed by atoms with Gasteiger partial charge in [-0.25, -0.2) is 4.98 Å². The topological polar surface area (TPSA) is 139 Å². The lowest BCUT2D eigenvalue weighted by molar-refractivity contribution is -0.119. The smallest absolute Gasteiger partial charge is 0.262 e. The first kappa shape index (κ1) is 29.0. The highest BCUT2D eigenvalue weighted by molar-refractivity contribution is 7.99. The number of amides is 2. The van der Waals surface area contributed by atoms with Crippen LogP contribution in [0.2, 0.25) is 0 Å². The number of hydrogen-bond acceptors (Lipinski definition) is 10. The van der Waals surface area contributed by atoms with Gasteiger partial charge in [-0.1, -0.05) is 30.0 Å². The minimum Gasteiger partial charge on any atom is -0.454 e. The maximum absolute atomic E-state index is 13.8. The highest BCUT2D eigenvalue weighted by Crippen LogP contribution is 2.35. The van der Waals surface area contributed by atoms with Crippen LogP contribution < -0.4 is 35.1 Å². The molecule has 13 heteroatoms. The van der Waals surface area contributed by atoms with E-state index in [0.717, 1.165) is 24.0 Å². The number of aromatic nitrogens is 2. The highest BCUT2D eigenvalue weighted by atomic mass is 32.2. The zero-order valence-corrected chi connectivity index (χ0v) is 25.0. The minimum atomic E-state index is -0.272. The Labute approximate surface area is 262 Å². The Morgan fingerprint density at radius 2 is 1.62 bits per heavy atom. The van der Waals surface area contributed by atoms with E-state index in [1.165, 1.54) is 16.3 Å². The molecule has 4 aromatic rings. The van der Waals surface area contributed by atoms with Crippen LogP contribution in [0.25, 0.3) is 10.9 Å². The summed E-state index contributed by atoms with van der Waals surface area (Å²) in [7, 11) is 0. The predicted octanol–water partition coefficient (Wildman–Crippen LogP) is 3.22. The van der Waals surface area contributed by atoms with Gasteiger partial charge < -0.3 is 34.3 Å². The third kappa shape index (κ3) is 6.40. The molecule has 0 bridgehead atoms. The lowest BCUT2D eigenvalue weighted by Crippen LogP contribution is -2.33. The van der Waals surface area contributed by atoms with E-state index >= 15 is 0 Å². The van der Waals surface area contributed by atoms with E-state index < -0.39 is 0 Å². The quantitative estimate of drug-likeness (QED) is 0.198. The minimum absolute atomic E-state index is 0.0361. The highest BCUT2D eigenvalue weighted by Gasteiger charge is 2.21. The van der Waals surface area contributed by atoms with Crippen molar-refractivity contribution >= 4 is 34.5 Å². The molecule has 3 aliphatic heterocycles. The van der Waals surface area contributed by atoms with Gasteiger partial charge in [-0.05, 0) is 54.3 Å². The Bertz CT molecular complexity index is 1820. The van der Waals surface area contributed by atoms with E-state index in [1.54, 1.807) is 36.4 Å². The molecule has 2 amide bonds. The molecule has 1 fully saturated rings. The van der Waals surface area contributed by atoms with Gasteiger partial charge in [0.2, 0.25) is 19.5 Å². The van der Waals surface area contributed by atoms with Crippen molar-refractivity contribution in [1.29, 1.82) is 0 Å². The van der Waals surface area contributed by atoms with Crippen LogP contribution in [0.15, 0.2) is 64.5 Å². The molecule has 4 heterocycles. The first-order chi connectivity index (χ1) is 22.0. The second-order valence-electron chi connectivity index (χ2n) is 10.8. The third-order valence-corrected chi connectivity index (χ3v) is 8.72. The number of hydrogen-bond donors (Lipinski definition) is 2. The summed E-state index contributed by atoms with van der Waals surface area (Å²) in [5.41, 5.74) is 2.34. The average Bonchev–Trinajstić information content (AvgIpc) is 3.85. The van der Waals surface area contributed by atoms with Crippen molar-refractivity contribution in [3.05, 3.63) is 81.6 Å². The van der Waals surface area contributed by atoms with Gasteiger partial charge in [0, 0.05) is 31.3 Å². The zero-order chi connectivity index (χ0) is 30.8. The van der Waals surface area contributed by atoms with Crippen LogP contribution in [0.5, 0.6) is 23.0 Å². The zero-order valence-electron chi connectivity index (χ0n) is 24.2. The first-order valence-corrected chi connectivity index (χ1v) is 15.6. The summed E-state index contributed by atoms with van der Waals surface area (Å²) in [4.78, 5) is 44.0. The Balaban J connectivity index is 1.07. The normalized spacial score (nSPS) is 16.2. The molecule has 0 aliphatic carbocycles. The van der Waals surface area contributed by atoms with Gasteiger partial charge in [-0.2, -0.15) is 0 Å². The van der Waals surface area contributed by atoms with E-state index in [1.807, 2.05) is 18.2 Å². The Kier molecular flexibility index (Phi) is 8.18. The number of benzene rings is 3. The van der Waals surface area contributed by atoms with Crippen LogP contribution >= 0.6 is 11.8 Å². The fourth-order valence-electron chi connectivity index (χ4n) is 5.33. The van der Waals surface area contributed by atoms with Crippen LogP contribution in [-0.4, -0.2) is 60.0 Å². The number of carbonyl (C=O) groups is 2. The van der Waals surface area contributed by atoms with Crippen LogP contribution in [0, 0.1) is 0 Å². The second-order valence-corrected chi connectivity index (χ2v) is 11.7. The van der Waals surface area contributed by atoms with Crippen molar-refractivity contribution in [1.82, 2.24) is 20.2 Å². The molecular formula is C32H30N4O8S. The van der Waals surface area contributed by atoms with Gasteiger partial charge in [-0.15, -0.1) is 0 Å². The standard InChI is InChI=1S/C32H30N4O8S/c37-29(33-14-22-2-1-9-40-22)16-45-32-35-24-12-28-27(43-18-44-28)11-23(24)31(39)36(32)15-19-3-6-21(7-4-19)30(38)34-13-20-5-8-25-26(10-20)42-17-41-25/h3-8,10-12,22H,1-2,9,13-18H2,(H,33,37)(H,34,38)/t22-/m1/s1. The summed E-state index contributed by atoms with van der Waals surface area (Å²) in [6.45, 7) is 1.95. The SMILES string of the molecule is O=C(CSc1nc2cc3c(cc2c(=O)n1Cc1ccc(C(=O)NCc2ccc4c(c2)OCO4)cc1)OCO3)NC[C@H]1CCCO1. The van der Waals surface area contributed by atoms with Crippen molar-refractivity contribution in [2.45, 2.75) is 37.2 Å². The molecule has 3 aromatic carbocycles. The number of nitrogens with zero attached hydrogens (tertiary/aromatic N) is 2. The van der Waals surface area contributed by atoms with Crippen LogP contribution in [-0.2, 0) is 22.6 Å². The molecule has 1 saturated heterocycles. The monoisotopic (exact) mass is 630 g/mol. The molecule has 0 unspecified atom stereocenters. The molecule has 3 aliphatic rings. The maximum Gasteiger partial charge on any atom is 0.262 e. The number of carbonyl (C=O) groups excluding carboxylic acids is 2. The Hall–Kier alpha value is -4.75. The lowest BCUT2D eigenvalue weighted by atomic mass is 10.1. The van der Waals surface area contributed by atoms with Gasteiger partial charge in [-0.3, -0.25) is 19.0 Å². The molecular weight excluding hydrogens is 600 g/mol.